The zero-order valence-electron chi connectivity index (χ0n) is 14.8. The van der Waals surface area contributed by atoms with Crippen LogP contribution in [0, 0.1) is 18.6 Å². The van der Waals surface area contributed by atoms with Crippen molar-refractivity contribution < 1.29 is 13.6 Å². The van der Waals surface area contributed by atoms with E-state index in [0.717, 1.165) is 28.1 Å². The van der Waals surface area contributed by atoms with E-state index in [-0.39, 0.29) is 17.7 Å². The maximum absolute atomic E-state index is 13.4. The second kappa shape index (κ2) is 7.09. The lowest BCUT2D eigenvalue weighted by molar-refractivity contribution is 0.0970. The number of hydrogen-bond acceptors (Lipinski definition) is 4. The van der Waals surface area contributed by atoms with Crippen LogP contribution in [0.4, 0.5) is 8.78 Å². The average molecular weight is 396 g/mol. The van der Waals surface area contributed by atoms with Crippen LogP contribution in [0.25, 0.3) is 21.3 Å². The zero-order valence-corrected chi connectivity index (χ0v) is 15.6. The monoisotopic (exact) mass is 396 g/mol. The largest absolute Gasteiger partial charge is 0.292 e. The van der Waals surface area contributed by atoms with Gasteiger partial charge in [-0.15, -0.1) is 11.3 Å². The molecule has 28 heavy (non-hydrogen) atoms. The molecule has 0 bridgehead atoms. The molecule has 0 saturated heterocycles. The maximum atomic E-state index is 13.4. The Balaban J connectivity index is 1.79. The Bertz CT molecular complexity index is 1260. The van der Waals surface area contributed by atoms with Crippen LogP contribution < -0.4 is 5.56 Å². The molecule has 2 aromatic heterocycles. The molecule has 7 heteroatoms. The summed E-state index contributed by atoms with van der Waals surface area (Å²) in [6.07, 6.45) is 1.31. The number of hydrogen-bond donors (Lipinski definition) is 0. The maximum Gasteiger partial charge on any atom is 0.263 e. The third kappa shape index (κ3) is 3.14. The summed E-state index contributed by atoms with van der Waals surface area (Å²) in [7, 11) is 0. The topological polar surface area (TPSA) is 52.0 Å². The smallest absolute Gasteiger partial charge is 0.263 e. The van der Waals surface area contributed by atoms with E-state index in [4.69, 9.17) is 0 Å². The average Bonchev–Trinajstić information content (AvgIpc) is 3.03. The van der Waals surface area contributed by atoms with Crippen molar-refractivity contribution in [3.05, 3.63) is 87.3 Å². The first-order valence-corrected chi connectivity index (χ1v) is 9.29. The van der Waals surface area contributed by atoms with Crippen molar-refractivity contribution in [2.45, 2.75) is 13.5 Å². The van der Waals surface area contributed by atoms with Gasteiger partial charge in [-0.2, -0.15) is 0 Å². The Labute approximate surface area is 162 Å². The summed E-state index contributed by atoms with van der Waals surface area (Å²) in [6.45, 7) is 1.61. The molecule has 0 aliphatic carbocycles. The minimum Gasteiger partial charge on any atom is -0.292 e. The van der Waals surface area contributed by atoms with Crippen molar-refractivity contribution in [3.8, 4) is 11.1 Å². The van der Waals surface area contributed by atoms with Gasteiger partial charge in [-0.05, 0) is 30.7 Å². The summed E-state index contributed by atoms with van der Waals surface area (Å²) in [5, 5.41) is 0.453. The van der Waals surface area contributed by atoms with E-state index >= 15 is 0 Å². The van der Waals surface area contributed by atoms with E-state index in [2.05, 4.69) is 4.98 Å². The molecule has 0 amide bonds. The number of thiophene rings is 1. The van der Waals surface area contributed by atoms with Gasteiger partial charge in [0.25, 0.3) is 5.56 Å². The summed E-state index contributed by atoms with van der Waals surface area (Å²) in [5.41, 5.74) is 1.35. The number of fused-ring (bicyclic) bond motifs is 1. The number of Topliss-reactive ketones (excluding diaryl/α,β-unsaturated/α-hetero) is 1. The Morgan fingerprint density at radius 2 is 1.86 bits per heavy atom. The fraction of sp³-hybridized carbons (Fsp3) is 0.0952. The molecule has 4 nitrogen and oxygen atoms in total. The number of benzene rings is 2. The highest BCUT2D eigenvalue weighted by Crippen LogP contribution is 2.35. The zero-order chi connectivity index (χ0) is 19.8. The molecule has 140 valence electrons. The lowest BCUT2D eigenvalue weighted by atomic mass is 10.0. The van der Waals surface area contributed by atoms with Gasteiger partial charge in [0, 0.05) is 16.0 Å². The van der Waals surface area contributed by atoms with Crippen LogP contribution in [0.2, 0.25) is 0 Å². The molecule has 2 aromatic carbocycles. The molecule has 0 radical (unpaired) electrons. The van der Waals surface area contributed by atoms with Crippen LogP contribution in [0.5, 0.6) is 0 Å². The summed E-state index contributed by atoms with van der Waals surface area (Å²) >= 11 is 1.41. The summed E-state index contributed by atoms with van der Waals surface area (Å²) in [6, 6.07) is 12.4. The van der Waals surface area contributed by atoms with E-state index in [1.54, 1.807) is 0 Å². The van der Waals surface area contributed by atoms with E-state index in [0.29, 0.717) is 10.2 Å². The molecule has 0 N–H and O–H groups in total. The number of carbonyl (C=O) groups excluding carboxylic acids is 1. The number of aryl methyl sites for hydroxylation is 1. The molecule has 0 aliphatic heterocycles. The molecule has 0 unspecified atom stereocenters. The van der Waals surface area contributed by atoms with Gasteiger partial charge >= 0.3 is 0 Å². The second-order valence-corrected chi connectivity index (χ2v) is 7.51. The third-order valence-corrected chi connectivity index (χ3v) is 5.49. The molecule has 4 rings (SSSR count). The lowest BCUT2D eigenvalue weighted by Gasteiger charge is -2.07. The molecule has 0 fully saturated rings. The molecular weight excluding hydrogens is 382 g/mol. The van der Waals surface area contributed by atoms with Gasteiger partial charge < -0.3 is 0 Å². The number of aromatic nitrogens is 2. The first kappa shape index (κ1) is 18.2. The van der Waals surface area contributed by atoms with Gasteiger partial charge in [0.1, 0.15) is 4.83 Å². The Morgan fingerprint density at radius 3 is 2.57 bits per heavy atom. The van der Waals surface area contributed by atoms with Crippen molar-refractivity contribution in [2.24, 2.45) is 0 Å². The van der Waals surface area contributed by atoms with Crippen LogP contribution in [0.3, 0.4) is 0 Å². The van der Waals surface area contributed by atoms with E-state index < -0.39 is 17.4 Å². The van der Waals surface area contributed by atoms with Gasteiger partial charge in [-0.1, -0.05) is 30.3 Å². The molecule has 4 aromatic rings. The van der Waals surface area contributed by atoms with Crippen molar-refractivity contribution in [1.82, 2.24) is 9.55 Å². The molecule has 2 heterocycles. The minimum absolute atomic E-state index is 0.00400. The fourth-order valence-corrected chi connectivity index (χ4v) is 4.12. The molecule has 0 spiro atoms. The van der Waals surface area contributed by atoms with Gasteiger partial charge in [-0.3, -0.25) is 14.2 Å². The van der Waals surface area contributed by atoms with Crippen molar-refractivity contribution >= 4 is 27.3 Å². The molecule has 0 atom stereocenters. The standard InChI is InChI=1S/C21H14F2N2O2S/c1-12-18(13-5-3-2-4-6-13)19-20(28-12)24-11-25(21(19)27)10-17(26)14-7-8-15(22)16(23)9-14/h2-9,11H,10H2,1H3. The van der Waals surface area contributed by atoms with Crippen molar-refractivity contribution in [2.75, 3.05) is 0 Å². The SMILES string of the molecule is Cc1sc2ncn(CC(=O)c3ccc(F)c(F)c3)c(=O)c2c1-c1ccccc1. The molecule has 0 saturated carbocycles. The van der Waals surface area contributed by atoms with Crippen molar-refractivity contribution in [3.63, 3.8) is 0 Å². The highest BCUT2D eigenvalue weighted by molar-refractivity contribution is 7.19. The van der Waals surface area contributed by atoms with Gasteiger partial charge in [0.2, 0.25) is 0 Å². The predicted octanol–water partition coefficient (Wildman–Crippen LogP) is 4.59. The van der Waals surface area contributed by atoms with Gasteiger partial charge in [0.15, 0.2) is 17.4 Å². The number of halogens is 2. The van der Waals surface area contributed by atoms with E-state index in [1.807, 2.05) is 37.3 Å². The molecule has 0 aliphatic rings. The van der Waals surface area contributed by atoms with Crippen LogP contribution in [-0.4, -0.2) is 15.3 Å². The van der Waals surface area contributed by atoms with Crippen LogP contribution in [-0.2, 0) is 6.54 Å². The van der Waals surface area contributed by atoms with Crippen molar-refractivity contribution in [1.29, 1.82) is 0 Å². The van der Waals surface area contributed by atoms with Crippen LogP contribution in [0.15, 0.2) is 59.7 Å². The molecular formula is C21H14F2N2O2S. The van der Waals surface area contributed by atoms with Crippen LogP contribution in [0.1, 0.15) is 15.2 Å². The Morgan fingerprint density at radius 1 is 1.11 bits per heavy atom. The highest BCUT2D eigenvalue weighted by Gasteiger charge is 2.18. The normalized spacial score (nSPS) is 11.1. The first-order valence-electron chi connectivity index (χ1n) is 8.48. The third-order valence-electron chi connectivity index (χ3n) is 4.47. The Kier molecular flexibility index (Phi) is 4.60. The number of ketones is 1. The Hall–Kier alpha value is -3.19. The minimum atomic E-state index is -1.11. The second-order valence-electron chi connectivity index (χ2n) is 6.31. The van der Waals surface area contributed by atoms with Gasteiger partial charge in [0.05, 0.1) is 18.3 Å². The number of rotatable bonds is 4. The van der Waals surface area contributed by atoms with E-state index in [9.17, 15) is 18.4 Å². The lowest BCUT2D eigenvalue weighted by Crippen LogP contribution is -2.24. The summed E-state index contributed by atoms with van der Waals surface area (Å²) in [5.74, 6) is -2.64. The summed E-state index contributed by atoms with van der Waals surface area (Å²) < 4.78 is 27.7. The number of nitrogens with zero attached hydrogens (tertiary/aromatic N) is 2. The quantitative estimate of drug-likeness (QED) is 0.474. The first-order chi connectivity index (χ1) is 13.5. The van der Waals surface area contributed by atoms with Gasteiger partial charge in [-0.25, -0.2) is 13.8 Å². The van der Waals surface area contributed by atoms with E-state index in [1.165, 1.54) is 28.3 Å². The fourth-order valence-electron chi connectivity index (χ4n) is 3.12. The summed E-state index contributed by atoms with van der Waals surface area (Å²) in [4.78, 5) is 31.4. The predicted molar refractivity (Wildman–Crippen MR) is 105 cm³/mol. The van der Waals surface area contributed by atoms with Crippen LogP contribution >= 0.6 is 11.3 Å². The highest BCUT2D eigenvalue weighted by atomic mass is 32.1. The number of carbonyl (C=O) groups is 1.